The van der Waals surface area contributed by atoms with Crippen LogP contribution in [0, 0.1) is 10.1 Å². The quantitative estimate of drug-likeness (QED) is 0.191. The number of nitrogens with one attached hydrogen (secondary N) is 2. The molecule has 1 fully saturated rings. The lowest BCUT2D eigenvalue weighted by Crippen LogP contribution is -2.40. The number of benzene rings is 1. The van der Waals surface area contributed by atoms with Crippen LogP contribution in [0.25, 0.3) is 0 Å². The number of unbranched alkanes of at least 4 members (excludes halogenated alkanes) is 2. The van der Waals surface area contributed by atoms with E-state index in [0.29, 0.717) is 29.1 Å². The van der Waals surface area contributed by atoms with Crippen molar-refractivity contribution in [2.45, 2.75) is 64.3 Å². The molecule has 0 aromatic heterocycles. The van der Waals surface area contributed by atoms with Crippen LogP contribution >= 0.6 is 12.2 Å². The molecule has 2 N–H and O–H groups in total. The van der Waals surface area contributed by atoms with Crippen molar-refractivity contribution in [1.82, 2.24) is 10.7 Å². The van der Waals surface area contributed by atoms with Gasteiger partial charge >= 0.3 is 5.69 Å². The minimum absolute atomic E-state index is 0.146. The van der Waals surface area contributed by atoms with Crippen molar-refractivity contribution >= 4 is 29.2 Å². The molecule has 0 saturated heterocycles. The summed E-state index contributed by atoms with van der Waals surface area (Å²) < 4.78 is 11.0. The molecule has 1 aliphatic rings. The summed E-state index contributed by atoms with van der Waals surface area (Å²) in [7, 11) is 1.46. The summed E-state index contributed by atoms with van der Waals surface area (Å²) in [4.78, 5) is 11.0. The second-order valence-corrected chi connectivity index (χ2v) is 7.47. The summed E-state index contributed by atoms with van der Waals surface area (Å²) in [6.07, 6.45) is 10.3. The van der Waals surface area contributed by atoms with Crippen molar-refractivity contribution in [2.75, 3.05) is 13.7 Å². The third-order valence-corrected chi connectivity index (χ3v) is 5.00. The van der Waals surface area contributed by atoms with Crippen LogP contribution in [0.15, 0.2) is 17.2 Å². The number of nitrogens with zero attached hydrogens (tertiary/aromatic N) is 2. The van der Waals surface area contributed by atoms with E-state index in [1.165, 1.54) is 38.7 Å². The van der Waals surface area contributed by atoms with Gasteiger partial charge in [-0.05, 0) is 37.5 Å². The molecule has 0 aliphatic heterocycles. The highest BCUT2D eigenvalue weighted by molar-refractivity contribution is 7.80. The number of thiocarbonyl (C=S) groups is 1. The summed E-state index contributed by atoms with van der Waals surface area (Å²) in [5.41, 5.74) is 3.14. The average Bonchev–Trinajstić information content (AvgIpc) is 2.72. The van der Waals surface area contributed by atoms with Crippen LogP contribution in [0.1, 0.15) is 63.9 Å². The zero-order valence-electron chi connectivity index (χ0n) is 17.1. The molecule has 0 amide bonds. The smallest absolute Gasteiger partial charge is 0.315 e. The van der Waals surface area contributed by atoms with E-state index in [0.717, 1.165) is 32.1 Å². The maximum absolute atomic E-state index is 11.5. The van der Waals surface area contributed by atoms with Gasteiger partial charge in [0.15, 0.2) is 10.9 Å². The molecule has 8 nitrogen and oxygen atoms in total. The van der Waals surface area contributed by atoms with Crippen LogP contribution in [-0.4, -0.2) is 36.0 Å². The predicted molar refractivity (Wildman–Crippen MR) is 118 cm³/mol. The molecule has 1 aliphatic carbocycles. The molecule has 1 aromatic rings. The largest absolute Gasteiger partial charge is 0.493 e. The Labute approximate surface area is 177 Å². The fourth-order valence-electron chi connectivity index (χ4n) is 3.27. The number of hydrazone groups is 1. The molecule has 29 heavy (non-hydrogen) atoms. The molecule has 160 valence electrons. The third kappa shape index (κ3) is 7.49. The van der Waals surface area contributed by atoms with Gasteiger partial charge in [0.25, 0.3) is 0 Å². The Morgan fingerprint density at radius 1 is 1.34 bits per heavy atom. The van der Waals surface area contributed by atoms with E-state index in [9.17, 15) is 10.1 Å². The second kappa shape index (κ2) is 12.2. The molecule has 0 heterocycles. The molecule has 9 heteroatoms. The first kappa shape index (κ1) is 22.9. The van der Waals surface area contributed by atoms with Gasteiger partial charge in [-0.2, -0.15) is 5.10 Å². The fourth-order valence-corrected chi connectivity index (χ4v) is 3.49. The van der Waals surface area contributed by atoms with Gasteiger partial charge in [0.1, 0.15) is 0 Å². The summed E-state index contributed by atoms with van der Waals surface area (Å²) in [6.45, 7) is 2.49. The van der Waals surface area contributed by atoms with Gasteiger partial charge in [0.2, 0.25) is 5.75 Å². The lowest BCUT2D eigenvalue weighted by molar-refractivity contribution is -0.386. The van der Waals surface area contributed by atoms with Crippen LogP contribution in [0.2, 0.25) is 0 Å². The topological polar surface area (TPSA) is 98.0 Å². The van der Waals surface area contributed by atoms with E-state index >= 15 is 0 Å². The van der Waals surface area contributed by atoms with Gasteiger partial charge in [-0.15, -0.1) is 0 Å². The Bertz CT molecular complexity index is 721. The van der Waals surface area contributed by atoms with Crippen LogP contribution in [0.3, 0.4) is 0 Å². The normalized spacial score (nSPS) is 14.6. The first-order chi connectivity index (χ1) is 14.0. The Balaban J connectivity index is 2.03. The van der Waals surface area contributed by atoms with Crippen molar-refractivity contribution in [2.24, 2.45) is 5.10 Å². The van der Waals surface area contributed by atoms with Crippen molar-refractivity contribution < 1.29 is 14.4 Å². The van der Waals surface area contributed by atoms with Gasteiger partial charge in [-0.25, -0.2) is 0 Å². The molecule has 0 radical (unpaired) electrons. The van der Waals surface area contributed by atoms with Crippen LogP contribution in [-0.2, 0) is 0 Å². The summed E-state index contributed by atoms with van der Waals surface area (Å²) in [5.74, 6) is 0.452. The zero-order chi connectivity index (χ0) is 21.1. The second-order valence-electron chi connectivity index (χ2n) is 7.06. The molecule has 0 spiro atoms. The van der Waals surface area contributed by atoms with Crippen molar-refractivity contribution in [1.29, 1.82) is 0 Å². The number of methoxy groups -OCH3 is 1. The maximum Gasteiger partial charge on any atom is 0.315 e. The van der Waals surface area contributed by atoms with Gasteiger partial charge < -0.3 is 14.8 Å². The van der Waals surface area contributed by atoms with E-state index in [1.807, 2.05) is 0 Å². The Morgan fingerprint density at radius 2 is 2.10 bits per heavy atom. The van der Waals surface area contributed by atoms with E-state index in [1.54, 1.807) is 6.07 Å². The molecule has 1 saturated carbocycles. The standard InChI is InChI=1S/C20H30N4O4S/c1-3-4-8-11-28-19-17(24(25)26)12-15(13-18(19)27-2)14-21-23-20(29)22-16-9-6-5-7-10-16/h12-14,16H,3-11H2,1-2H3,(H2,22,23,29)/b21-14-. The molecular formula is C20H30N4O4S. The minimum atomic E-state index is -0.474. The van der Waals surface area contributed by atoms with E-state index in [2.05, 4.69) is 22.8 Å². The number of nitro benzene ring substituents is 1. The SMILES string of the molecule is CCCCCOc1c(OC)cc(/C=N\NC(=S)NC2CCCCC2)cc1[N+](=O)[O-]. The van der Waals surface area contributed by atoms with E-state index < -0.39 is 4.92 Å². The maximum atomic E-state index is 11.5. The Morgan fingerprint density at radius 3 is 2.76 bits per heavy atom. The van der Waals surface area contributed by atoms with Crippen molar-refractivity contribution in [3.05, 3.63) is 27.8 Å². The summed E-state index contributed by atoms with van der Waals surface area (Å²) in [5, 5.41) is 19.3. The molecule has 0 unspecified atom stereocenters. The average molecular weight is 423 g/mol. The van der Waals surface area contributed by atoms with Crippen molar-refractivity contribution in [3.8, 4) is 11.5 Å². The highest BCUT2D eigenvalue weighted by Gasteiger charge is 2.22. The predicted octanol–water partition coefficient (Wildman–Crippen LogP) is 4.30. The van der Waals surface area contributed by atoms with Crippen molar-refractivity contribution in [3.63, 3.8) is 0 Å². The number of hydrogen-bond donors (Lipinski definition) is 2. The van der Waals surface area contributed by atoms with Gasteiger partial charge in [0.05, 0.1) is 24.9 Å². The zero-order valence-corrected chi connectivity index (χ0v) is 17.9. The highest BCUT2D eigenvalue weighted by Crippen LogP contribution is 2.38. The number of hydrogen-bond acceptors (Lipinski definition) is 6. The molecule has 0 bridgehead atoms. The minimum Gasteiger partial charge on any atom is -0.493 e. The third-order valence-electron chi connectivity index (χ3n) is 4.79. The van der Waals surface area contributed by atoms with Gasteiger partial charge in [-0.1, -0.05) is 39.0 Å². The van der Waals surface area contributed by atoms with E-state index in [-0.39, 0.29) is 11.4 Å². The first-order valence-corrected chi connectivity index (χ1v) is 10.5. The lowest BCUT2D eigenvalue weighted by Gasteiger charge is -2.23. The molecular weight excluding hydrogens is 392 g/mol. The van der Waals surface area contributed by atoms with Crippen LogP contribution in [0.5, 0.6) is 11.5 Å². The Hall–Kier alpha value is -2.42. The molecule has 1 aromatic carbocycles. The monoisotopic (exact) mass is 422 g/mol. The molecule has 0 atom stereocenters. The lowest BCUT2D eigenvalue weighted by atomic mass is 9.96. The summed E-state index contributed by atoms with van der Waals surface area (Å²) >= 11 is 5.27. The Kier molecular flexibility index (Phi) is 9.63. The number of nitro groups is 1. The highest BCUT2D eigenvalue weighted by atomic mass is 32.1. The van der Waals surface area contributed by atoms with Gasteiger partial charge in [-0.3, -0.25) is 15.5 Å². The van der Waals surface area contributed by atoms with Gasteiger partial charge in [0, 0.05) is 17.7 Å². The van der Waals surface area contributed by atoms with Crippen LogP contribution < -0.4 is 20.2 Å². The van der Waals surface area contributed by atoms with E-state index in [4.69, 9.17) is 21.7 Å². The molecule has 2 rings (SSSR count). The summed E-state index contributed by atoms with van der Waals surface area (Å²) in [6, 6.07) is 3.45. The number of ether oxygens (including phenoxy) is 2. The van der Waals surface area contributed by atoms with Crippen LogP contribution in [0.4, 0.5) is 5.69 Å². The first-order valence-electron chi connectivity index (χ1n) is 10.1. The fraction of sp³-hybridized carbons (Fsp3) is 0.600. The number of rotatable bonds is 10.